The van der Waals surface area contributed by atoms with Gasteiger partial charge in [-0.25, -0.2) is 4.98 Å². The van der Waals surface area contributed by atoms with Gasteiger partial charge in [-0.2, -0.15) is 0 Å². The minimum Gasteiger partial charge on any atom is -0.378 e. The average molecular weight is 348 g/mol. The first-order chi connectivity index (χ1) is 12.6. The zero-order valence-corrected chi connectivity index (χ0v) is 15.3. The van der Waals surface area contributed by atoms with Gasteiger partial charge in [-0.05, 0) is 55.3 Å². The minimum atomic E-state index is -0.101. The fourth-order valence-corrected chi connectivity index (χ4v) is 3.54. The number of carbonyl (C=O) groups excluding carboxylic acids is 1. The molecule has 4 rings (SSSR count). The monoisotopic (exact) mass is 348 g/mol. The summed E-state index contributed by atoms with van der Waals surface area (Å²) in [7, 11) is 3.97. The van der Waals surface area contributed by atoms with Crippen LogP contribution in [0.3, 0.4) is 0 Å². The molecule has 1 aliphatic heterocycles. The molecule has 0 unspecified atom stereocenters. The van der Waals surface area contributed by atoms with E-state index in [1.54, 1.807) is 0 Å². The summed E-state index contributed by atoms with van der Waals surface area (Å²) in [6, 6.07) is 13.6. The third kappa shape index (κ3) is 3.17. The Labute approximate surface area is 153 Å². The number of aromatic nitrogens is 2. The molecule has 3 aromatic rings. The first kappa shape index (κ1) is 16.6. The summed E-state index contributed by atoms with van der Waals surface area (Å²) in [6.07, 6.45) is 4.72. The fraction of sp³-hybridized carbons (Fsp3) is 0.333. The van der Waals surface area contributed by atoms with E-state index >= 15 is 0 Å². The van der Waals surface area contributed by atoms with Gasteiger partial charge < -0.3 is 14.8 Å². The highest BCUT2D eigenvalue weighted by Crippen LogP contribution is 2.25. The molecule has 0 fully saturated rings. The van der Waals surface area contributed by atoms with Gasteiger partial charge in [0.1, 0.15) is 5.82 Å². The molecule has 0 atom stereocenters. The van der Waals surface area contributed by atoms with Crippen molar-refractivity contribution in [3.8, 4) is 0 Å². The van der Waals surface area contributed by atoms with Crippen molar-refractivity contribution in [2.45, 2.75) is 32.2 Å². The Hall–Kier alpha value is -2.82. The first-order valence-corrected chi connectivity index (χ1v) is 9.20. The fourth-order valence-electron chi connectivity index (χ4n) is 3.54. The Bertz CT molecular complexity index is 941. The summed E-state index contributed by atoms with van der Waals surface area (Å²) >= 11 is 0. The number of rotatable bonds is 3. The van der Waals surface area contributed by atoms with Crippen LogP contribution in [-0.2, 0) is 13.0 Å². The van der Waals surface area contributed by atoms with Gasteiger partial charge in [0.05, 0.1) is 11.0 Å². The van der Waals surface area contributed by atoms with Gasteiger partial charge in [0.2, 0.25) is 0 Å². The lowest BCUT2D eigenvalue weighted by atomic mass is 10.1. The molecule has 0 bridgehead atoms. The topological polar surface area (TPSA) is 50.2 Å². The van der Waals surface area contributed by atoms with Crippen molar-refractivity contribution in [1.82, 2.24) is 9.55 Å². The van der Waals surface area contributed by atoms with Gasteiger partial charge in [-0.15, -0.1) is 0 Å². The Morgan fingerprint density at radius 3 is 2.65 bits per heavy atom. The van der Waals surface area contributed by atoms with Crippen LogP contribution in [0.25, 0.3) is 11.0 Å². The number of benzene rings is 2. The van der Waals surface area contributed by atoms with E-state index in [-0.39, 0.29) is 5.91 Å². The maximum Gasteiger partial charge on any atom is 0.255 e. The average Bonchev–Trinajstić information content (AvgIpc) is 2.82. The molecular formula is C21H24N4O. The number of fused-ring (bicyclic) bond motifs is 3. The second-order valence-corrected chi connectivity index (χ2v) is 7.09. The van der Waals surface area contributed by atoms with Crippen LogP contribution in [0.15, 0.2) is 42.5 Å². The van der Waals surface area contributed by atoms with Crippen molar-refractivity contribution in [1.29, 1.82) is 0 Å². The molecule has 0 aliphatic carbocycles. The number of aryl methyl sites for hydroxylation is 2. The van der Waals surface area contributed by atoms with E-state index < -0.39 is 0 Å². The van der Waals surface area contributed by atoms with Crippen molar-refractivity contribution < 1.29 is 4.79 Å². The second kappa shape index (κ2) is 6.83. The lowest BCUT2D eigenvalue weighted by Crippen LogP contribution is -2.13. The lowest BCUT2D eigenvalue weighted by Gasteiger charge is -2.12. The number of carbonyl (C=O) groups is 1. The van der Waals surface area contributed by atoms with E-state index in [1.165, 1.54) is 25.1 Å². The van der Waals surface area contributed by atoms with E-state index in [9.17, 15) is 4.79 Å². The molecule has 1 aromatic heterocycles. The Morgan fingerprint density at radius 2 is 1.88 bits per heavy atom. The van der Waals surface area contributed by atoms with Crippen LogP contribution in [0.2, 0.25) is 0 Å². The van der Waals surface area contributed by atoms with E-state index in [1.807, 2.05) is 55.4 Å². The quantitative estimate of drug-likeness (QED) is 0.776. The number of amides is 1. The number of nitrogens with zero attached hydrogens (tertiary/aromatic N) is 3. The van der Waals surface area contributed by atoms with Crippen LogP contribution in [-0.4, -0.2) is 29.6 Å². The second-order valence-electron chi connectivity index (χ2n) is 7.09. The molecule has 0 radical (unpaired) electrons. The summed E-state index contributed by atoms with van der Waals surface area (Å²) in [4.78, 5) is 19.3. The Morgan fingerprint density at radius 1 is 1.08 bits per heavy atom. The number of anilines is 2. The van der Waals surface area contributed by atoms with E-state index in [4.69, 9.17) is 4.98 Å². The van der Waals surface area contributed by atoms with E-state index in [0.717, 1.165) is 35.4 Å². The van der Waals surface area contributed by atoms with Crippen molar-refractivity contribution in [3.63, 3.8) is 0 Å². The summed E-state index contributed by atoms with van der Waals surface area (Å²) in [5, 5.41) is 2.99. The van der Waals surface area contributed by atoms with Crippen molar-refractivity contribution in [3.05, 3.63) is 53.9 Å². The molecule has 1 aliphatic rings. The third-order valence-electron chi connectivity index (χ3n) is 5.01. The predicted octanol–water partition coefficient (Wildman–Crippen LogP) is 4.08. The van der Waals surface area contributed by atoms with Crippen LogP contribution >= 0.6 is 0 Å². The number of hydrogen-bond donors (Lipinski definition) is 1. The van der Waals surface area contributed by atoms with Crippen LogP contribution in [0.4, 0.5) is 11.4 Å². The molecule has 26 heavy (non-hydrogen) atoms. The van der Waals surface area contributed by atoms with Crippen LogP contribution < -0.4 is 10.2 Å². The molecular weight excluding hydrogens is 324 g/mol. The van der Waals surface area contributed by atoms with Gasteiger partial charge in [0.25, 0.3) is 5.91 Å². The zero-order chi connectivity index (χ0) is 18.1. The largest absolute Gasteiger partial charge is 0.378 e. The first-order valence-electron chi connectivity index (χ1n) is 9.20. The standard InChI is InChI=1S/C21H24N4O/c1-24(2)17-10-7-15(8-11-17)21(26)22-16-9-12-19-18(14-16)23-20-6-4-3-5-13-25(19)20/h7-12,14H,3-6,13H2,1-2H3,(H,22,26). The van der Waals surface area contributed by atoms with Crippen LogP contribution in [0, 0.1) is 0 Å². The summed E-state index contributed by atoms with van der Waals surface area (Å²) in [5.74, 6) is 1.07. The van der Waals surface area contributed by atoms with Gasteiger partial charge in [0, 0.05) is 44.0 Å². The SMILES string of the molecule is CN(C)c1ccc(C(=O)Nc2ccc3c(c2)nc2n3CCCCC2)cc1. The molecule has 0 saturated heterocycles. The molecule has 5 nitrogen and oxygen atoms in total. The highest BCUT2D eigenvalue weighted by Gasteiger charge is 2.14. The van der Waals surface area contributed by atoms with Crippen molar-refractivity contribution >= 4 is 28.3 Å². The van der Waals surface area contributed by atoms with Gasteiger partial charge in [0.15, 0.2) is 0 Å². The Balaban J connectivity index is 1.56. The van der Waals surface area contributed by atoms with Gasteiger partial charge in [-0.1, -0.05) is 6.42 Å². The van der Waals surface area contributed by atoms with Gasteiger partial charge >= 0.3 is 0 Å². The zero-order valence-electron chi connectivity index (χ0n) is 15.3. The molecule has 5 heteroatoms. The molecule has 0 spiro atoms. The Kier molecular flexibility index (Phi) is 4.37. The number of nitrogens with one attached hydrogen (secondary N) is 1. The maximum atomic E-state index is 12.5. The lowest BCUT2D eigenvalue weighted by molar-refractivity contribution is 0.102. The summed E-state index contributed by atoms with van der Waals surface area (Å²) in [5.41, 5.74) is 4.63. The van der Waals surface area contributed by atoms with Crippen LogP contribution in [0.1, 0.15) is 35.4 Å². The number of imidazole rings is 1. The molecule has 1 amide bonds. The smallest absolute Gasteiger partial charge is 0.255 e. The van der Waals surface area contributed by atoms with Crippen LogP contribution in [0.5, 0.6) is 0 Å². The minimum absolute atomic E-state index is 0.101. The van der Waals surface area contributed by atoms with E-state index in [2.05, 4.69) is 16.0 Å². The van der Waals surface area contributed by atoms with Crippen molar-refractivity contribution in [2.24, 2.45) is 0 Å². The van der Waals surface area contributed by atoms with Crippen molar-refractivity contribution in [2.75, 3.05) is 24.3 Å². The highest BCUT2D eigenvalue weighted by atomic mass is 16.1. The highest BCUT2D eigenvalue weighted by molar-refractivity contribution is 6.05. The normalized spacial score (nSPS) is 13.9. The third-order valence-corrected chi connectivity index (χ3v) is 5.01. The molecule has 2 aromatic carbocycles. The summed E-state index contributed by atoms with van der Waals surface area (Å²) < 4.78 is 2.33. The van der Waals surface area contributed by atoms with E-state index in [0.29, 0.717) is 5.56 Å². The molecule has 2 heterocycles. The predicted molar refractivity (Wildman–Crippen MR) is 106 cm³/mol. The van der Waals surface area contributed by atoms with Gasteiger partial charge in [-0.3, -0.25) is 4.79 Å². The molecule has 0 saturated carbocycles. The summed E-state index contributed by atoms with van der Waals surface area (Å²) in [6.45, 7) is 1.04. The number of hydrogen-bond acceptors (Lipinski definition) is 3. The molecule has 134 valence electrons. The molecule has 1 N–H and O–H groups in total. The maximum absolute atomic E-state index is 12.5.